The number of H-pyrrole nitrogens is 1. The van der Waals surface area contributed by atoms with E-state index in [0.717, 1.165) is 32.3 Å². The number of nitrogens with zero attached hydrogens (tertiary/aromatic N) is 1. The van der Waals surface area contributed by atoms with Gasteiger partial charge in [-0.1, -0.05) is 12.1 Å². The molecule has 2 aromatic heterocycles. The summed E-state index contributed by atoms with van der Waals surface area (Å²) in [5.41, 5.74) is 4.39. The van der Waals surface area contributed by atoms with E-state index in [4.69, 9.17) is 0 Å². The summed E-state index contributed by atoms with van der Waals surface area (Å²) >= 11 is 1.43. The van der Waals surface area contributed by atoms with Crippen LogP contribution in [0.15, 0.2) is 35.2 Å². The molecule has 3 aromatic rings. The number of hydrogen-bond acceptors (Lipinski definition) is 4. The molecule has 0 spiro atoms. The summed E-state index contributed by atoms with van der Waals surface area (Å²) in [5.74, 6) is 0. The van der Waals surface area contributed by atoms with Crippen molar-refractivity contribution in [3.05, 3.63) is 52.0 Å². The summed E-state index contributed by atoms with van der Waals surface area (Å²) in [6.45, 7) is 7.66. The molecule has 0 bridgehead atoms. The molecule has 0 saturated carbocycles. The first-order valence-corrected chi connectivity index (χ1v) is 9.80. The van der Waals surface area contributed by atoms with Gasteiger partial charge in [-0.3, -0.25) is 9.82 Å². The Morgan fingerprint density at radius 2 is 1.88 bits per heavy atom. The lowest BCUT2D eigenvalue weighted by atomic mass is 10.2. The quantitative estimate of drug-likeness (QED) is 0.732. The third kappa shape index (κ3) is 3.09. The van der Waals surface area contributed by atoms with Gasteiger partial charge in [0.15, 0.2) is 0 Å². The summed E-state index contributed by atoms with van der Waals surface area (Å²) in [5, 5.41) is 7.23. The number of aromatic nitrogens is 2. The van der Waals surface area contributed by atoms with Crippen molar-refractivity contribution in [3.8, 4) is 10.6 Å². The SMILES string of the molecule is Cc1cccc(NS(=O)(=O)c2cc(-c3n[nH]c(C)c3C)sc2C)c1. The normalized spacial score (nSPS) is 11.7. The molecule has 0 aliphatic rings. The van der Waals surface area contributed by atoms with Gasteiger partial charge in [-0.2, -0.15) is 5.10 Å². The fourth-order valence-electron chi connectivity index (χ4n) is 2.49. The first-order valence-electron chi connectivity index (χ1n) is 7.50. The Labute approximate surface area is 145 Å². The summed E-state index contributed by atoms with van der Waals surface area (Å²) < 4.78 is 28.1. The molecule has 0 saturated heterocycles. The van der Waals surface area contributed by atoms with Crippen LogP contribution >= 0.6 is 11.3 Å². The molecule has 5 nitrogen and oxygen atoms in total. The maximum Gasteiger partial charge on any atom is 0.263 e. The van der Waals surface area contributed by atoms with Crippen LogP contribution in [0, 0.1) is 27.7 Å². The fourth-order valence-corrected chi connectivity index (χ4v) is 5.18. The van der Waals surface area contributed by atoms with Crippen molar-refractivity contribution in [1.82, 2.24) is 10.2 Å². The molecule has 2 heterocycles. The van der Waals surface area contributed by atoms with Crippen molar-refractivity contribution in [2.75, 3.05) is 4.72 Å². The van der Waals surface area contributed by atoms with Gasteiger partial charge in [0.2, 0.25) is 0 Å². The largest absolute Gasteiger partial charge is 0.282 e. The van der Waals surface area contributed by atoms with Gasteiger partial charge >= 0.3 is 0 Å². The van der Waals surface area contributed by atoms with E-state index >= 15 is 0 Å². The molecule has 126 valence electrons. The number of rotatable bonds is 4. The van der Waals surface area contributed by atoms with E-state index in [0.29, 0.717) is 10.6 Å². The van der Waals surface area contributed by atoms with E-state index in [2.05, 4.69) is 14.9 Å². The van der Waals surface area contributed by atoms with Crippen molar-refractivity contribution >= 4 is 27.0 Å². The molecular weight excluding hydrogens is 342 g/mol. The zero-order valence-electron chi connectivity index (χ0n) is 14.0. The van der Waals surface area contributed by atoms with E-state index < -0.39 is 10.0 Å². The molecule has 0 unspecified atom stereocenters. The van der Waals surface area contributed by atoms with E-state index in [-0.39, 0.29) is 0 Å². The van der Waals surface area contributed by atoms with Crippen molar-refractivity contribution in [3.63, 3.8) is 0 Å². The Morgan fingerprint density at radius 1 is 1.12 bits per heavy atom. The number of aryl methyl sites for hydroxylation is 3. The van der Waals surface area contributed by atoms with Crippen molar-refractivity contribution in [2.45, 2.75) is 32.6 Å². The number of thiophene rings is 1. The maximum atomic E-state index is 12.7. The lowest BCUT2D eigenvalue weighted by Crippen LogP contribution is -2.13. The first kappa shape index (κ1) is 16.7. The second kappa shape index (κ2) is 6.07. The van der Waals surface area contributed by atoms with E-state index in [1.54, 1.807) is 18.2 Å². The Kier molecular flexibility index (Phi) is 4.23. The van der Waals surface area contributed by atoms with E-state index in [1.165, 1.54) is 11.3 Å². The van der Waals surface area contributed by atoms with Gasteiger partial charge in [0.05, 0.1) is 4.88 Å². The Morgan fingerprint density at radius 3 is 2.50 bits per heavy atom. The maximum absolute atomic E-state index is 12.7. The standard InChI is InChI=1S/C17H19N3O2S2/c1-10-6-5-7-14(8-10)20-24(21,22)16-9-15(23-13(16)4)17-11(2)12(3)18-19-17/h5-9,20H,1-4H3,(H,18,19). The lowest BCUT2D eigenvalue weighted by molar-refractivity contribution is 0.601. The third-order valence-corrected chi connectivity index (χ3v) is 6.61. The van der Waals surface area contributed by atoms with Crippen LogP contribution in [0.2, 0.25) is 0 Å². The zero-order valence-corrected chi connectivity index (χ0v) is 15.6. The first-order chi connectivity index (χ1) is 11.3. The summed E-state index contributed by atoms with van der Waals surface area (Å²) in [6, 6.07) is 9.00. The minimum atomic E-state index is -3.63. The van der Waals surface area contributed by atoms with Crippen LogP contribution in [0.4, 0.5) is 5.69 Å². The highest BCUT2D eigenvalue weighted by molar-refractivity contribution is 7.93. The summed E-state index contributed by atoms with van der Waals surface area (Å²) in [4.78, 5) is 1.88. The molecule has 0 aliphatic heterocycles. The number of anilines is 1. The van der Waals surface area contributed by atoms with Gasteiger partial charge in [-0.25, -0.2) is 8.42 Å². The Balaban J connectivity index is 1.98. The Bertz CT molecular complexity index is 1000. The third-order valence-electron chi connectivity index (χ3n) is 3.92. The van der Waals surface area contributed by atoms with Crippen LogP contribution in [0.1, 0.15) is 21.7 Å². The second-order valence-corrected chi connectivity index (χ2v) is 8.74. The highest BCUT2D eigenvalue weighted by atomic mass is 32.2. The topological polar surface area (TPSA) is 74.8 Å². The molecule has 24 heavy (non-hydrogen) atoms. The number of sulfonamides is 1. The van der Waals surface area contributed by atoms with Crippen molar-refractivity contribution in [2.24, 2.45) is 0 Å². The molecule has 0 radical (unpaired) electrons. The van der Waals surface area contributed by atoms with Gasteiger partial charge in [0.25, 0.3) is 10.0 Å². The van der Waals surface area contributed by atoms with Crippen molar-refractivity contribution < 1.29 is 8.42 Å². The van der Waals surface area contributed by atoms with Crippen LogP contribution < -0.4 is 4.72 Å². The van der Waals surface area contributed by atoms with Crippen LogP contribution in [0.25, 0.3) is 10.6 Å². The number of hydrogen-bond donors (Lipinski definition) is 2. The number of benzene rings is 1. The van der Waals surface area contributed by atoms with Crippen LogP contribution in [-0.2, 0) is 10.0 Å². The highest BCUT2D eigenvalue weighted by Crippen LogP contribution is 2.35. The summed E-state index contributed by atoms with van der Waals surface area (Å²) in [6.07, 6.45) is 0. The number of aromatic amines is 1. The van der Waals surface area contributed by atoms with Gasteiger partial charge in [-0.15, -0.1) is 11.3 Å². The molecule has 0 atom stereocenters. The molecule has 1 aromatic carbocycles. The molecular formula is C17H19N3O2S2. The number of nitrogens with one attached hydrogen (secondary N) is 2. The average molecular weight is 361 g/mol. The molecule has 0 amide bonds. The van der Waals surface area contributed by atoms with Crippen LogP contribution in [0.5, 0.6) is 0 Å². The predicted molar refractivity (Wildman–Crippen MR) is 98.1 cm³/mol. The van der Waals surface area contributed by atoms with Gasteiger partial charge < -0.3 is 0 Å². The molecule has 3 rings (SSSR count). The summed E-state index contributed by atoms with van der Waals surface area (Å²) in [7, 11) is -3.63. The molecule has 7 heteroatoms. The second-order valence-electron chi connectivity index (χ2n) is 5.83. The smallest absolute Gasteiger partial charge is 0.263 e. The molecule has 0 aliphatic carbocycles. The van der Waals surface area contributed by atoms with E-state index in [9.17, 15) is 8.42 Å². The van der Waals surface area contributed by atoms with E-state index in [1.807, 2.05) is 39.8 Å². The van der Waals surface area contributed by atoms with Gasteiger partial charge in [-0.05, 0) is 57.0 Å². The zero-order chi connectivity index (χ0) is 17.5. The predicted octanol–water partition coefficient (Wildman–Crippen LogP) is 4.17. The molecule has 2 N–H and O–H groups in total. The van der Waals surface area contributed by atoms with Crippen LogP contribution in [-0.4, -0.2) is 18.6 Å². The lowest BCUT2D eigenvalue weighted by Gasteiger charge is -2.08. The minimum Gasteiger partial charge on any atom is -0.282 e. The van der Waals surface area contributed by atoms with Gasteiger partial charge in [0, 0.05) is 16.3 Å². The average Bonchev–Trinajstić information content (AvgIpc) is 3.03. The van der Waals surface area contributed by atoms with Crippen molar-refractivity contribution in [1.29, 1.82) is 0 Å². The minimum absolute atomic E-state index is 0.295. The van der Waals surface area contributed by atoms with Crippen LogP contribution in [0.3, 0.4) is 0 Å². The Hall–Kier alpha value is -2.12. The fraction of sp³-hybridized carbons (Fsp3) is 0.235. The van der Waals surface area contributed by atoms with Gasteiger partial charge in [0.1, 0.15) is 10.6 Å². The monoisotopic (exact) mass is 361 g/mol. The molecule has 0 fully saturated rings. The highest BCUT2D eigenvalue weighted by Gasteiger charge is 2.22.